The zero-order valence-electron chi connectivity index (χ0n) is 13.6. The summed E-state index contributed by atoms with van der Waals surface area (Å²) in [6.07, 6.45) is 3.17. The number of allylic oxidation sites excluding steroid dienone is 6. The first kappa shape index (κ1) is 28.4. The molecule has 6 nitrogen and oxygen atoms in total. The van der Waals surface area contributed by atoms with Crippen molar-refractivity contribution in [2.24, 2.45) is 0 Å². The van der Waals surface area contributed by atoms with Gasteiger partial charge in [0.1, 0.15) is 0 Å². The monoisotopic (exact) mass is 348 g/mol. The van der Waals surface area contributed by atoms with Crippen molar-refractivity contribution in [3.05, 3.63) is 35.5 Å². The van der Waals surface area contributed by atoms with E-state index < -0.39 is 0 Å². The van der Waals surface area contributed by atoms with Crippen molar-refractivity contribution >= 4 is 17.3 Å². The van der Waals surface area contributed by atoms with Gasteiger partial charge in [-0.25, -0.2) is 0 Å². The van der Waals surface area contributed by atoms with Crippen LogP contribution in [0.25, 0.3) is 0 Å². The van der Waals surface area contributed by atoms with E-state index in [9.17, 15) is 29.7 Å². The molecule has 0 amide bonds. The predicted molar refractivity (Wildman–Crippen MR) is 73.3 cm³/mol. The van der Waals surface area contributed by atoms with Crippen molar-refractivity contribution in [2.45, 2.75) is 41.5 Å². The number of hydrogen-bond donors (Lipinski definition) is 0. The van der Waals surface area contributed by atoms with Crippen LogP contribution >= 0.6 is 0 Å². The molecule has 0 rings (SSSR count). The topological polar surface area (TPSA) is 120 Å². The minimum atomic E-state index is -0.187. The van der Waals surface area contributed by atoms with Crippen LogP contribution in [0.15, 0.2) is 35.5 Å². The Labute approximate surface area is 143 Å². The fraction of sp³-hybridized carbons (Fsp3) is 0.400. The SMILES string of the molecule is CC(=O)/C=C(/C)[O-].CC(=O)/C=C(/C)[O-].CC(=O)/C=C(/C)[O-].[V+2]. The van der Waals surface area contributed by atoms with Crippen molar-refractivity contribution in [1.82, 2.24) is 0 Å². The molecule has 0 aliphatic heterocycles. The molecule has 0 aromatic carbocycles. The van der Waals surface area contributed by atoms with Crippen LogP contribution in [0.4, 0.5) is 0 Å². The fourth-order valence-corrected chi connectivity index (χ4v) is 0.859. The summed E-state index contributed by atoms with van der Waals surface area (Å²) in [6.45, 7) is 8.09. The molecule has 0 saturated carbocycles. The van der Waals surface area contributed by atoms with Gasteiger partial charge in [-0.1, -0.05) is 20.8 Å². The second-order valence-electron chi connectivity index (χ2n) is 4.10. The molecule has 0 aromatic heterocycles. The molecule has 0 N–H and O–H groups in total. The normalized spacial score (nSPS) is 10.9. The molecule has 0 aliphatic carbocycles. The number of carbonyl (C=O) groups excluding carboxylic acids is 3. The molecule has 0 atom stereocenters. The van der Waals surface area contributed by atoms with E-state index in [4.69, 9.17) is 0 Å². The molecule has 0 bridgehead atoms. The van der Waals surface area contributed by atoms with Gasteiger partial charge in [0.15, 0.2) is 17.3 Å². The summed E-state index contributed by atoms with van der Waals surface area (Å²) in [7, 11) is 0. The van der Waals surface area contributed by atoms with Crippen molar-refractivity contribution in [3.63, 3.8) is 0 Å². The zero-order chi connectivity index (χ0) is 17.6. The molecule has 7 heteroatoms. The molecule has 0 saturated heterocycles. The van der Waals surface area contributed by atoms with Gasteiger partial charge in [-0.2, -0.15) is 0 Å². The van der Waals surface area contributed by atoms with Gasteiger partial charge in [-0.15, -0.1) is 17.3 Å². The van der Waals surface area contributed by atoms with Crippen molar-refractivity contribution in [3.8, 4) is 0 Å². The van der Waals surface area contributed by atoms with Crippen LogP contribution in [-0.2, 0) is 32.9 Å². The molecule has 123 valence electrons. The van der Waals surface area contributed by atoms with Crippen molar-refractivity contribution in [2.75, 3.05) is 0 Å². The van der Waals surface area contributed by atoms with Gasteiger partial charge in [-0.05, 0) is 39.0 Å². The molecule has 0 spiro atoms. The van der Waals surface area contributed by atoms with E-state index in [2.05, 4.69) is 0 Å². The molecule has 0 aliphatic rings. The third-order valence-electron chi connectivity index (χ3n) is 1.22. The van der Waals surface area contributed by atoms with Gasteiger partial charge in [-0.3, -0.25) is 14.4 Å². The number of rotatable bonds is 3. The maximum Gasteiger partial charge on any atom is 2.00 e. The minimum absolute atomic E-state index is 0. The van der Waals surface area contributed by atoms with Crippen LogP contribution in [0.3, 0.4) is 0 Å². The van der Waals surface area contributed by atoms with Crippen molar-refractivity contribution in [1.29, 1.82) is 0 Å². The fourth-order valence-electron chi connectivity index (χ4n) is 0.859. The van der Waals surface area contributed by atoms with E-state index in [0.29, 0.717) is 0 Å². The summed E-state index contributed by atoms with van der Waals surface area (Å²) < 4.78 is 0. The minimum Gasteiger partial charge on any atom is -0.876 e. The van der Waals surface area contributed by atoms with E-state index >= 15 is 0 Å². The van der Waals surface area contributed by atoms with E-state index in [1.165, 1.54) is 41.5 Å². The summed E-state index contributed by atoms with van der Waals surface area (Å²) in [6, 6.07) is 0. The Bertz CT molecular complexity index is 368. The van der Waals surface area contributed by atoms with E-state index in [1.807, 2.05) is 0 Å². The van der Waals surface area contributed by atoms with Crippen LogP contribution in [0, 0.1) is 0 Å². The van der Waals surface area contributed by atoms with Crippen LogP contribution in [0.1, 0.15) is 41.5 Å². The first-order chi connectivity index (χ1) is 9.38. The van der Waals surface area contributed by atoms with Crippen LogP contribution in [0.2, 0.25) is 0 Å². The third-order valence-corrected chi connectivity index (χ3v) is 1.22. The van der Waals surface area contributed by atoms with Gasteiger partial charge >= 0.3 is 18.6 Å². The van der Waals surface area contributed by atoms with Crippen molar-refractivity contribution < 1.29 is 48.3 Å². The Kier molecular flexibility index (Phi) is 22.3. The molecular formula is C15H21O6V-. The maximum absolute atomic E-state index is 9.98. The Hall–Kier alpha value is -1.79. The first-order valence-corrected chi connectivity index (χ1v) is 5.96. The second kappa shape index (κ2) is 17.3. The van der Waals surface area contributed by atoms with E-state index in [0.717, 1.165) is 18.2 Å². The van der Waals surface area contributed by atoms with Crippen LogP contribution in [-0.4, -0.2) is 17.3 Å². The molecule has 0 fully saturated rings. The average Bonchev–Trinajstić information content (AvgIpc) is 2.10. The first-order valence-electron chi connectivity index (χ1n) is 5.96. The number of hydrogen-bond acceptors (Lipinski definition) is 6. The molecule has 0 aromatic rings. The van der Waals surface area contributed by atoms with Gasteiger partial charge < -0.3 is 15.3 Å². The standard InChI is InChI=1S/3C5H8O2.V/c3*1-4(6)3-5(2)7;/h3*3,6H,1-2H3;/q;;;+2/p-3/b3*4-3-;. The molecule has 0 heterocycles. The second-order valence-corrected chi connectivity index (χ2v) is 4.10. The van der Waals surface area contributed by atoms with Gasteiger partial charge in [0.05, 0.1) is 0 Å². The molecule has 0 unspecified atom stereocenters. The van der Waals surface area contributed by atoms with E-state index in [1.54, 1.807) is 0 Å². The number of ketones is 3. The Morgan fingerprint density at radius 1 is 0.545 bits per heavy atom. The largest absolute Gasteiger partial charge is 2.00 e. The summed E-state index contributed by atoms with van der Waals surface area (Å²) in [5, 5.41) is 29.9. The average molecular weight is 348 g/mol. The maximum atomic E-state index is 9.98. The third kappa shape index (κ3) is 51.7. The smallest absolute Gasteiger partial charge is 0.876 e. The molecular weight excluding hydrogens is 327 g/mol. The van der Waals surface area contributed by atoms with Gasteiger partial charge in [0.25, 0.3) is 0 Å². The summed E-state index contributed by atoms with van der Waals surface area (Å²) in [5.74, 6) is -1.12. The van der Waals surface area contributed by atoms with E-state index in [-0.39, 0.29) is 53.2 Å². The quantitative estimate of drug-likeness (QED) is 0.501. The molecule has 22 heavy (non-hydrogen) atoms. The predicted octanol–water partition coefficient (Wildman–Crippen LogP) is -0.484. The zero-order valence-corrected chi connectivity index (χ0v) is 15.0. The Morgan fingerprint density at radius 3 is 0.682 bits per heavy atom. The van der Waals surface area contributed by atoms with Crippen LogP contribution < -0.4 is 15.3 Å². The van der Waals surface area contributed by atoms with Gasteiger partial charge in [0, 0.05) is 0 Å². The van der Waals surface area contributed by atoms with Crippen LogP contribution in [0.5, 0.6) is 0 Å². The van der Waals surface area contributed by atoms with Gasteiger partial charge in [0.2, 0.25) is 0 Å². The Morgan fingerprint density at radius 2 is 0.682 bits per heavy atom. The summed E-state index contributed by atoms with van der Waals surface area (Å²) in [5.41, 5.74) is 0. The summed E-state index contributed by atoms with van der Waals surface area (Å²) in [4.78, 5) is 29.9. The molecule has 1 radical (unpaired) electrons. The number of carbonyl (C=O) groups is 3. The Balaban J connectivity index is -0.000000108. The summed E-state index contributed by atoms with van der Waals surface area (Å²) >= 11 is 0.